The van der Waals surface area contributed by atoms with E-state index in [9.17, 15) is 14.7 Å². The maximum atomic E-state index is 12.8. The van der Waals surface area contributed by atoms with Crippen LogP contribution in [0.4, 0.5) is 0 Å². The molecule has 1 unspecified atom stereocenters. The molecule has 2 aliphatic rings. The number of amides is 2. The molecule has 2 aliphatic heterocycles. The lowest BCUT2D eigenvalue weighted by molar-refractivity contribution is -0.119. The SMILES string of the molecule is O=C1CC2(CCN(C(=O)c3ccc4ccccc4c3O)C2)CN1. The number of carbonyl (C=O) groups is 2. The number of rotatable bonds is 1. The van der Waals surface area contributed by atoms with Crippen LogP contribution in [0.3, 0.4) is 0 Å². The first-order valence-electron chi connectivity index (χ1n) is 7.85. The van der Waals surface area contributed by atoms with Gasteiger partial charge in [-0.3, -0.25) is 9.59 Å². The fraction of sp³-hybridized carbons (Fsp3) is 0.333. The summed E-state index contributed by atoms with van der Waals surface area (Å²) in [4.78, 5) is 26.0. The monoisotopic (exact) mass is 310 g/mol. The van der Waals surface area contributed by atoms with Crippen molar-refractivity contribution in [3.8, 4) is 5.75 Å². The van der Waals surface area contributed by atoms with Crippen molar-refractivity contribution in [1.29, 1.82) is 0 Å². The van der Waals surface area contributed by atoms with Crippen molar-refractivity contribution < 1.29 is 14.7 Å². The molecule has 2 aromatic rings. The van der Waals surface area contributed by atoms with E-state index in [1.54, 1.807) is 11.0 Å². The quantitative estimate of drug-likeness (QED) is 0.845. The van der Waals surface area contributed by atoms with Crippen molar-refractivity contribution in [2.75, 3.05) is 19.6 Å². The van der Waals surface area contributed by atoms with E-state index in [2.05, 4.69) is 5.32 Å². The van der Waals surface area contributed by atoms with Gasteiger partial charge in [0, 0.05) is 36.9 Å². The van der Waals surface area contributed by atoms with Crippen molar-refractivity contribution in [3.63, 3.8) is 0 Å². The minimum Gasteiger partial charge on any atom is -0.506 e. The summed E-state index contributed by atoms with van der Waals surface area (Å²) in [5.74, 6) is -0.0630. The van der Waals surface area contributed by atoms with Gasteiger partial charge in [0.2, 0.25) is 5.91 Å². The minimum absolute atomic E-state index is 0.0367. The number of nitrogens with zero attached hydrogens (tertiary/aromatic N) is 1. The van der Waals surface area contributed by atoms with Gasteiger partial charge >= 0.3 is 0 Å². The van der Waals surface area contributed by atoms with E-state index in [1.165, 1.54) is 0 Å². The molecule has 5 heteroatoms. The summed E-state index contributed by atoms with van der Waals surface area (Å²) in [5, 5.41) is 14.9. The summed E-state index contributed by atoms with van der Waals surface area (Å²) in [6.07, 6.45) is 1.31. The van der Waals surface area contributed by atoms with Crippen LogP contribution in [0.5, 0.6) is 5.75 Å². The molecule has 2 saturated heterocycles. The van der Waals surface area contributed by atoms with E-state index in [-0.39, 0.29) is 23.0 Å². The van der Waals surface area contributed by atoms with Crippen LogP contribution in [0.1, 0.15) is 23.2 Å². The van der Waals surface area contributed by atoms with Crippen molar-refractivity contribution >= 4 is 22.6 Å². The van der Waals surface area contributed by atoms with Crippen LogP contribution in [0.25, 0.3) is 10.8 Å². The van der Waals surface area contributed by atoms with Gasteiger partial charge < -0.3 is 15.3 Å². The zero-order chi connectivity index (χ0) is 16.0. The first-order valence-corrected chi connectivity index (χ1v) is 7.85. The minimum atomic E-state index is -0.163. The number of phenolic OH excluding ortho intramolecular Hbond substituents is 1. The van der Waals surface area contributed by atoms with E-state index in [1.807, 2.05) is 30.3 Å². The first-order chi connectivity index (χ1) is 11.1. The maximum Gasteiger partial charge on any atom is 0.257 e. The molecule has 4 rings (SSSR count). The highest BCUT2D eigenvalue weighted by molar-refractivity contribution is 6.03. The second kappa shape index (κ2) is 4.98. The number of nitrogens with one attached hydrogen (secondary N) is 1. The Morgan fingerprint density at radius 2 is 2.04 bits per heavy atom. The van der Waals surface area contributed by atoms with E-state index in [0.717, 1.165) is 11.8 Å². The Morgan fingerprint density at radius 3 is 2.83 bits per heavy atom. The Kier molecular flexibility index (Phi) is 3.04. The molecule has 2 N–H and O–H groups in total. The molecule has 2 amide bonds. The van der Waals surface area contributed by atoms with E-state index in [4.69, 9.17) is 0 Å². The van der Waals surface area contributed by atoms with Crippen molar-refractivity contribution in [3.05, 3.63) is 42.0 Å². The molecule has 2 aromatic carbocycles. The third-order valence-corrected chi connectivity index (χ3v) is 5.05. The normalized spacial score (nSPS) is 23.7. The lowest BCUT2D eigenvalue weighted by Gasteiger charge is -2.22. The molecule has 5 nitrogen and oxygen atoms in total. The molecule has 1 atom stereocenters. The number of phenols is 1. The number of fused-ring (bicyclic) bond motifs is 1. The van der Waals surface area contributed by atoms with E-state index < -0.39 is 0 Å². The Bertz CT molecular complexity index is 817. The van der Waals surface area contributed by atoms with Crippen LogP contribution < -0.4 is 5.32 Å². The van der Waals surface area contributed by atoms with Crippen LogP contribution in [-0.2, 0) is 4.79 Å². The predicted octanol–water partition coefficient (Wildman–Crippen LogP) is 1.90. The average molecular weight is 310 g/mol. The molecular weight excluding hydrogens is 292 g/mol. The molecular formula is C18H18N2O3. The van der Waals surface area contributed by atoms with Crippen molar-refractivity contribution in [2.24, 2.45) is 5.41 Å². The van der Waals surface area contributed by atoms with Crippen molar-refractivity contribution in [1.82, 2.24) is 10.2 Å². The fourth-order valence-corrected chi connectivity index (χ4v) is 3.75. The zero-order valence-corrected chi connectivity index (χ0v) is 12.7. The topological polar surface area (TPSA) is 69.6 Å². The second-order valence-corrected chi connectivity index (χ2v) is 6.61. The smallest absolute Gasteiger partial charge is 0.257 e. The van der Waals surface area contributed by atoms with Gasteiger partial charge in [0.15, 0.2) is 0 Å². The number of hydrogen-bond donors (Lipinski definition) is 2. The number of hydrogen-bond acceptors (Lipinski definition) is 3. The lowest BCUT2D eigenvalue weighted by Crippen LogP contribution is -2.33. The Balaban J connectivity index is 1.63. The molecule has 0 aliphatic carbocycles. The third-order valence-electron chi connectivity index (χ3n) is 5.05. The largest absolute Gasteiger partial charge is 0.506 e. The summed E-state index contributed by atoms with van der Waals surface area (Å²) in [7, 11) is 0. The number of aromatic hydroxyl groups is 1. The summed E-state index contributed by atoms with van der Waals surface area (Å²) in [6, 6.07) is 11.0. The first kappa shape index (κ1) is 14.1. The Morgan fingerprint density at radius 1 is 1.22 bits per heavy atom. The summed E-state index contributed by atoms with van der Waals surface area (Å²) >= 11 is 0. The van der Waals surface area contributed by atoms with Crippen LogP contribution in [0.15, 0.2) is 36.4 Å². The zero-order valence-electron chi connectivity index (χ0n) is 12.7. The van der Waals surface area contributed by atoms with Gasteiger partial charge in [0.05, 0.1) is 5.56 Å². The van der Waals surface area contributed by atoms with Crippen LogP contribution in [0, 0.1) is 5.41 Å². The van der Waals surface area contributed by atoms with Gasteiger partial charge in [-0.2, -0.15) is 0 Å². The molecule has 2 heterocycles. The lowest BCUT2D eigenvalue weighted by atomic mass is 9.86. The highest BCUT2D eigenvalue weighted by Gasteiger charge is 2.45. The molecule has 1 spiro atoms. The molecule has 2 fully saturated rings. The summed E-state index contributed by atoms with van der Waals surface area (Å²) in [6.45, 7) is 1.83. The number of benzene rings is 2. The van der Waals surface area contributed by atoms with Gasteiger partial charge in [-0.05, 0) is 17.9 Å². The van der Waals surface area contributed by atoms with Crippen LogP contribution in [0.2, 0.25) is 0 Å². The van der Waals surface area contributed by atoms with Crippen molar-refractivity contribution in [2.45, 2.75) is 12.8 Å². The van der Waals surface area contributed by atoms with Gasteiger partial charge in [0.25, 0.3) is 5.91 Å². The second-order valence-electron chi connectivity index (χ2n) is 6.61. The molecule has 0 aromatic heterocycles. The number of likely N-dealkylation sites (tertiary alicyclic amines) is 1. The molecule has 0 bridgehead atoms. The molecule has 118 valence electrons. The van der Waals surface area contributed by atoms with E-state index in [0.29, 0.717) is 37.0 Å². The Hall–Kier alpha value is -2.56. The van der Waals surface area contributed by atoms with Gasteiger partial charge in [-0.25, -0.2) is 0 Å². The van der Waals surface area contributed by atoms with Gasteiger partial charge in [0.1, 0.15) is 5.75 Å². The molecule has 23 heavy (non-hydrogen) atoms. The standard InChI is InChI=1S/C18H18N2O3/c21-15-9-18(10-19-15)7-8-20(11-18)17(23)14-6-5-12-3-1-2-4-13(12)16(14)22/h1-6,22H,7-11H2,(H,19,21). The third kappa shape index (κ3) is 2.23. The summed E-state index contributed by atoms with van der Waals surface area (Å²) < 4.78 is 0. The van der Waals surface area contributed by atoms with Gasteiger partial charge in [-0.15, -0.1) is 0 Å². The highest BCUT2D eigenvalue weighted by atomic mass is 16.3. The van der Waals surface area contributed by atoms with Crippen LogP contribution in [-0.4, -0.2) is 41.5 Å². The summed E-state index contributed by atoms with van der Waals surface area (Å²) in [5.41, 5.74) is 0.206. The molecule has 0 radical (unpaired) electrons. The Labute approximate surface area is 133 Å². The van der Waals surface area contributed by atoms with Crippen LogP contribution >= 0.6 is 0 Å². The van der Waals surface area contributed by atoms with E-state index >= 15 is 0 Å². The number of carbonyl (C=O) groups excluding carboxylic acids is 2. The predicted molar refractivity (Wildman–Crippen MR) is 86.2 cm³/mol. The van der Waals surface area contributed by atoms with Gasteiger partial charge in [-0.1, -0.05) is 30.3 Å². The fourth-order valence-electron chi connectivity index (χ4n) is 3.75. The highest BCUT2D eigenvalue weighted by Crippen LogP contribution is 2.38. The average Bonchev–Trinajstić information content (AvgIpc) is 3.14. The maximum absolute atomic E-state index is 12.8. The molecule has 0 saturated carbocycles.